The summed E-state index contributed by atoms with van der Waals surface area (Å²) in [5, 5.41) is 3.40. The highest BCUT2D eigenvalue weighted by atomic mass is 19.1. The fourth-order valence-electron chi connectivity index (χ4n) is 2.66. The average molecular weight is 207 g/mol. The quantitative estimate of drug-likeness (QED) is 0.701. The van der Waals surface area contributed by atoms with Crippen LogP contribution in [0.15, 0.2) is 18.2 Å². The van der Waals surface area contributed by atoms with Crippen molar-refractivity contribution in [2.24, 2.45) is 5.92 Å². The molecule has 3 heteroatoms. The van der Waals surface area contributed by atoms with E-state index in [9.17, 15) is 4.39 Å². The van der Waals surface area contributed by atoms with Gasteiger partial charge in [-0.3, -0.25) is 0 Å². The molecule has 0 aromatic heterocycles. The summed E-state index contributed by atoms with van der Waals surface area (Å²) in [6.45, 7) is 2.76. The molecule has 2 nitrogen and oxygen atoms in total. The van der Waals surface area contributed by atoms with E-state index in [1.165, 1.54) is 17.7 Å². The van der Waals surface area contributed by atoms with Gasteiger partial charge in [-0.05, 0) is 30.5 Å². The lowest BCUT2D eigenvalue weighted by Gasteiger charge is -2.15. The molecule has 15 heavy (non-hydrogen) atoms. The van der Waals surface area contributed by atoms with E-state index in [0.29, 0.717) is 18.4 Å². The smallest absolute Gasteiger partial charge is 0.126 e. The second kappa shape index (κ2) is 3.49. The van der Waals surface area contributed by atoms with E-state index in [2.05, 4.69) is 5.32 Å². The molecule has 1 aromatic carbocycles. The van der Waals surface area contributed by atoms with Gasteiger partial charge in [-0.1, -0.05) is 6.07 Å². The van der Waals surface area contributed by atoms with E-state index >= 15 is 0 Å². The monoisotopic (exact) mass is 207 g/mol. The van der Waals surface area contributed by atoms with Gasteiger partial charge < -0.3 is 10.1 Å². The summed E-state index contributed by atoms with van der Waals surface area (Å²) in [6.07, 6.45) is 1.06. The van der Waals surface area contributed by atoms with Crippen molar-refractivity contribution in [1.82, 2.24) is 5.32 Å². The van der Waals surface area contributed by atoms with Crippen molar-refractivity contribution < 1.29 is 9.13 Å². The predicted molar refractivity (Wildman–Crippen MR) is 55.6 cm³/mol. The molecule has 2 aliphatic rings. The molecule has 3 rings (SSSR count). The molecule has 0 saturated carbocycles. The van der Waals surface area contributed by atoms with Crippen LogP contribution in [0.4, 0.5) is 4.39 Å². The standard InChI is InChI=1S/C12H14FNO/c13-9-1-2-10-11-7-14-6-8(11)3-4-15-12(10)5-9/h1-2,5,8,11,14H,3-4,6-7H2/t8-,11-/m1/s1. The molecular weight excluding hydrogens is 193 g/mol. The van der Waals surface area contributed by atoms with Crippen LogP contribution in [-0.2, 0) is 0 Å². The van der Waals surface area contributed by atoms with Crippen LogP contribution < -0.4 is 10.1 Å². The zero-order chi connectivity index (χ0) is 10.3. The van der Waals surface area contributed by atoms with E-state index in [0.717, 1.165) is 25.3 Å². The molecule has 0 spiro atoms. The molecule has 2 atom stereocenters. The van der Waals surface area contributed by atoms with Gasteiger partial charge in [0.2, 0.25) is 0 Å². The third-order valence-electron chi connectivity index (χ3n) is 3.46. The van der Waals surface area contributed by atoms with Crippen LogP contribution in [0.5, 0.6) is 5.75 Å². The van der Waals surface area contributed by atoms with Crippen LogP contribution in [0, 0.1) is 11.7 Å². The van der Waals surface area contributed by atoms with Gasteiger partial charge in [0.05, 0.1) is 6.61 Å². The molecule has 1 N–H and O–H groups in total. The van der Waals surface area contributed by atoms with E-state index in [1.807, 2.05) is 6.07 Å². The summed E-state index contributed by atoms with van der Waals surface area (Å²) in [5.41, 5.74) is 1.17. The number of nitrogens with one attached hydrogen (secondary N) is 1. The van der Waals surface area contributed by atoms with Crippen molar-refractivity contribution in [2.45, 2.75) is 12.3 Å². The first-order valence-corrected chi connectivity index (χ1v) is 5.47. The fourth-order valence-corrected chi connectivity index (χ4v) is 2.66. The Hall–Kier alpha value is -1.09. The molecule has 80 valence electrons. The van der Waals surface area contributed by atoms with Crippen molar-refractivity contribution in [3.63, 3.8) is 0 Å². The maximum atomic E-state index is 13.1. The topological polar surface area (TPSA) is 21.3 Å². The maximum absolute atomic E-state index is 13.1. The van der Waals surface area contributed by atoms with Crippen molar-refractivity contribution in [2.75, 3.05) is 19.7 Å². The van der Waals surface area contributed by atoms with Crippen LogP contribution >= 0.6 is 0 Å². The lowest BCUT2D eigenvalue weighted by molar-refractivity contribution is 0.295. The zero-order valence-electron chi connectivity index (χ0n) is 8.50. The van der Waals surface area contributed by atoms with Gasteiger partial charge in [0.15, 0.2) is 0 Å². The Bertz CT molecular complexity index is 380. The highest BCUT2D eigenvalue weighted by Gasteiger charge is 2.32. The number of rotatable bonds is 0. The van der Waals surface area contributed by atoms with Crippen molar-refractivity contribution >= 4 is 0 Å². The molecule has 0 bridgehead atoms. The highest BCUT2D eigenvalue weighted by molar-refractivity contribution is 5.39. The summed E-state index contributed by atoms with van der Waals surface area (Å²) in [6, 6.07) is 4.92. The normalized spacial score (nSPS) is 28.9. The molecule has 0 radical (unpaired) electrons. The SMILES string of the molecule is Fc1ccc2c(c1)OCC[C@@H]1CNC[C@@H]21. The van der Waals surface area contributed by atoms with E-state index in [4.69, 9.17) is 4.74 Å². The van der Waals surface area contributed by atoms with Crippen molar-refractivity contribution in [3.8, 4) is 5.75 Å². The third kappa shape index (κ3) is 1.51. The Balaban J connectivity index is 2.05. The fraction of sp³-hybridized carbons (Fsp3) is 0.500. The minimum Gasteiger partial charge on any atom is -0.493 e. The number of hydrogen-bond donors (Lipinski definition) is 1. The van der Waals surface area contributed by atoms with Gasteiger partial charge in [0.25, 0.3) is 0 Å². The first kappa shape index (κ1) is 9.16. The van der Waals surface area contributed by atoms with Gasteiger partial charge in [-0.15, -0.1) is 0 Å². The van der Waals surface area contributed by atoms with Crippen molar-refractivity contribution in [1.29, 1.82) is 0 Å². The summed E-state index contributed by atoms with van der Waals surface area (Å²) >= 11 is 0. The second-order valence-corrected chi connectivity index (χ2v) is 4.34. The number of ether oxygens (including phenoxy) is 1. The average Bonchev–Trinajstić information content (AvgIpc) is 2.61. The van der Waals surface area contributed by atoms with Gasteiger partial charge in [-0.2, -0.15) is 0 Å². The van der Waals surface area contributed by atoms with Crippen molar-refractivity contribution in [3.05, 3.63) is 29.6 Å². The largest absolute Gasteiger partial charge is 0.493 e. The summed E-state index contributed by atoms with van der Waals surface area (Å²) in [7, 11) is 0. The first-order valence-electron chi connectivity index (χ1n) is 5.47. The number of fused-ring (bicyclic) bond motifs is 3. The lowest BCUT2D eigenvalue weighted by atomic mass is 9.87. The van der Waals surface area contributed by atoms with E-state index in [1.54, 1.807) is 0 Å². The number of halogens is 1. The second-order valence-electron chi connectivity index (χ2n) is 4.34. The van der Waals surface area contributed by atoms with Gasteiger partial charge in [0.1, 0.15) is 11.6 Å². The molecule has 0 amide bonds. The zero-order valence-corrected chi connectivity index (χ0v) is 8.50. The van der Waals surface area contributed by atoms with E-state index < -0.39 is 0 Å². The minimum absolute atomic E-state index is 0.210. The number of benzene rings is 1. The molecule has 2 heterocycles. The predicted octanol–water partition coefficient (Wildman–Crippen LogP) is 1.91. The Kier molecular flexibility index (Phi) is 2.13. The maximum Gasteiger partial charge on any atom is 0.126 e. The summed E-state index contributed by atoms with van der Waals surface area (Å²) < 4.78 is 18.7. The van der Waals surface area contributed by atoms with Crippen LogP contribution in [0.2, 0.25) is 0 Å². The van der Waals surface area contributed by atoms with Crippen LogP contribution in [-0.4, -0.2) is 19.7 Å². The molecule has 0 unspecified atom stereocenters. The highest BCUT2D eigenvalue weighted by Crippen LogP contribution is 2.38. The Morgan fingerprint density at radius 2 is 2.27 bits per heavy atom. The molecule has 0 aliphatic carbocycles. The summed E-state index contributed by atoms with van der Waals surface area (Å²) in [5.74, 6) is 1.68. The molecule has 2 aliphatic heterocycles. The molecule has 1 fully saturated rings. The first-order chi connectivity index (χ1) is 7.34. The Morgan fingerprint density at radius 1 is 1.33 bits per heavy atom. The lowest BCUT2D eigenvalue weighted by Crippen LogP contribution is -2.11. The van der Waals surface area contributed by atoms with E-state index in [-0.39, 0.29) is 5.82 Å². The van der Waals surface area contributed by atoms with Gasteiger partial charge in [0, 0.05) is 18.5 Å². The Morgan fingerprint density at radius 3 is 3.20 bits per heavy atom. The van der Waals surface area contributed by atoms with Gasteiger partial charge in [-0.25, -0.2) is 4.39 Å². The molecule has 1 saturated heterocycles. The number of hydrogen-bond acceptors (Lipinski definition) is 2. The molecule has 1 aromatic rings. The van der Waals surface area contributed by atoms with Crippen LogP contribution in [0.25, 0.3) is 0 Å². The van der Waals surface area contributed by atoms with Crippen LogP contribution in [0.1, 0.15) is 17.9 Å². The van der Waals surface area contributed by atoms with Gasteiger partial charge >= 0.3 is 0 Å². The van der Waals surface area contributed by atoms with Crippen LogP contribution in [0.3, 0.4) is 0 Å². The Labute approximate surface area is 88.4 Å². The third-order valence-corrected chi connectivity index (χ3v) is 3.46. The molecular formula is C12H14FNO. The minimum atomic E-state index is -0.210. The summed E-state index contributed by atoms with van der Waals surface area (Å²) in [4.78, 5) is 0.